The lowest BCUT2D eigenvalue weighted by atomic mass is 10.0. The first-order valence-corrected chi connectivity index (χ1v) is 11.4. The molecule has 20 heteroatoms. The topological polar surface area (TPSA) is 168 Å². The smallest absolute Gasteiger partial charge is 0.339 e. The maximum Gasteiger partial charge on any atom is 0.339 e. The molecule has 10 nitrogen and oxygen atoms in total. The van der Waals surface area contributed by atoms with Gasteiger partial charge in [0.15, 0.2) is 34.8 Å². The lowest BCUT2D eigenvalue weighted by molar-refractivity contribution is 0.0640. The van der Waals surface area contributed by atoms with Gasteiger partial charge in [-0.05, 0) is 0 Å². The van der Waals surface area contributed by atoms with E-state index in [4.69, 9.17) is 66.1 Å². The van der Waals surface area contributed by atoms with Crippen LogP contribution in [0, 0.1) is 34.9 Å². The van der Waals surface area contributed by atoms with Crippen LogP contribution in [-0.2, 0) is 0 Å². The quantitative estimate of drug-likeness (QED) is 0.106. The summed E-state index contributed by atoms with van der Waals surface area (Å²) >= 11 is 23.5. The number of benzene rings is 3. The molecule has 0 amide bonds. The van der Waals surface area contributed by atoms with Crippen LogP contribution in [0.25, 0.3) is 0 Å². The average Bonchev–Trinajstić information content (AvgIpc) is 2.89. The zero-order valence-electron chi connectivity index (χ0n) is 19.0. The van der Waals surface area contributed by atoms with E-state index in [1.54, 1.807) is 0 Å². The molecule has 0 bridgehead atoms. The van der Waals surface area contributed by atoms with Crippen molar-refractivity contribution >= 4 is 70.3 Å². The number of carbonyl (C=O) groups is 4. The molecule has 0 unspecified atom stereocenters. The Morgan fingerprint density at radius 3 is 0.881 bits per heavy atom. The maximum atomic E-state index is 15.0. The average molecular weight is 684 g/mol. The van der Waals surface area contributed by atoms with Crippen LogP contribution in [0.15, 0.2) is 0 Å². The molecular formula is C22H4Cl4F6O10. The Balaban J connectivity index is 2.42. The molecule has 0 aliphatic heterocycles. The summed E-state index contributed by atoms with van der Waals surface area (Å²) in [7, 11) is 0. The molecule has 0 radical (unpaired) electrons. The summed E-state index contributed by atoms with van der Waals surface area (Å²) in [5.41, 5.74) is -7.93. The second-order valence-corrected chi connectivity index (χ2v) is 8.89. The van der Waals surface area contributed by atoms with Crippen LogP contribution in [0.4, 0.5) is 26.3 Å². The van der Waals surface area contributed by atoms with Crippen molar-refractivity contribution in [3.05, 3.63) is 77.2 Å². The predicted molar refractivity (Wildman–Crippen MR) is 127 cm³/mol. The van der Waals surface area contributed by atoms with Gasteiger partial charge in [0.1, 0.15) is 32.3 Å². The molecule has 222 valence electrons. The minimum atomic E-state index is -2.50. The number of hydrogen-bond acceptors (Lipinski definition) is 6. The van der Waals surface area contributed by atoms with E-state index in [1.807, 2.05) is 0 Å². The number of halogens is 10. The fourth-order valence-electron chi connectivity index (χ4n) is 3.24. The lowest BCUT2D eigenvalue weighted by Crippen LogP contribution is -2.17. The molecule has 0 atom stereocenters. The molecule has 0 saturated carbocycles. The Morgan fingerprint density at radius 2 is 0.643 bits per heavy atom. The van der Waals surface area contributed by atoms with E-state index in [0.29, 0.717) is 0 Å². The number of aromatic carboxylic acids is 4. The van der Waals surface area contributed by atoms with Crippen LogP contribution in [0.1, 0.15) is 41.4 Å². The summed E-state index contributed by atoms with van der Waals surface area (Å²) in [5, 5.41) is 32.5. The van der Waals surface area contributed by atoms with Gasteiger partial charge >= 0.3 is 23.9 Å². The Morgan fingerprint density at radius 1 is 0.405 bits per heavy atom. The van der Waals surface area contributed by atoms with Crippen molar-refractivity contribution in [3.63, 3.8) is 0 Å². The Bertz CT molecular complexity index is 1640. The molecule has 0 spiro atoms. The van der Waals surface area contributed by atoms with E-state index in [0.717, 1.165) is 0 Å². The normalized spacial score (nSPS) is 10.9. The largest absolute Gasteiger partial charge is 0.478 e. The fraction of sp³-hybridized carbons (Fsp3) is 0. The molecule has 42 heavy (non-hydrogen) atoms. The first-order chi connectivity index (χ1) is 19.4. The van der Waals surface area contributed by atoms with Crippen LogP contribution in [0.3, 0.4) is 0 Å². The van der Waals surface area contributed by atoms with E-state index in [9.17, 15) is 47.0 Å². The highest BCUT2D eigenvalue weighted by atomic mass is 35.5. The lowest BCUT2D eigenvalue weighted by Gasteiger charge is -2.20. The highest BCUT2D eigenvalue weighted by Crippen LogP contribution is 2.54. The Hall–Kier alpha value is -4.12. The molecule has 0 aliphatic carbocycles. The second kappa shape index (κ2) is 11.6. The maximum absolute atomic E-state index is 15.0. The third-order valence-electron chi connectivity index (χ3n) is 5.01. The molecule has 0 aromatic heterocycles. The van der Waals surface area contributed by atoms with Crippen LogP contribution in [-0.4, -0.2) is 44.3 Å². The molecule has 0 fully saturated rings. The molecule has 3 aromatic rings. The van der Waals surface area contributed by atoms with E-state index >= 15 is 8.78 Å². The monoisotopic (exact) mass is 682 g/mol. The highest BCUT2D eigenvalue weighted by Gasteiger charge is 2.37. The highest BCUT2D eigenvalue weighted by molar-refractivity contribution is 6.53. The predicted octanol–water partition coefficient (Wildman–Crippen LogP) is 7.51. The van der Waals surface area contributed by atoms with Gasteiger partial charge in [-0.15, -0.1) is 0 Å². The summed E-state index contributed by atoms with van der Waals surface area (Å²) < 4.78 is 98.2. The minimum Gasteiger partial charge on any atom is -0.478 e. The van der Waals surface area contributed by atoms with Gasteiger partial charge in [-0.3, -0.25) is 0 Å². The molecule has 3 aromatic carbocycles. The second-order valence-electron chi connectivity index (χ2n) is 7.38. The Labute approximate surface area is 245 Å². The standard InChI is InChI=1S/C22H4Cl4F6O10/c23-5-6(24)8(26)16(42-18-12(30)4(22(39)40)2(20(35)36)10(28)14(18)32)15(7(5)25)41-17-11(29)3(21(37)38)1(19(33)34)9(27)13(17)31/h(H,33,34)(H,35,36)(H,37,38)(H,39,40). The van der Waals surface area contributed by atoms with Crippen LogP contribution < -0.4 is 9.47 Å². The van der Waals surface area contributed by atoms with Gasteiger partial charge in [0, 0.05) is 0 Å². The third-order valence-corrected chi connectivity index (χ3v) is 6.77. The molecule has 0 saturated heterocycles. The number of carboxylic acids is 4. The summed E-state index contributed by atoms with van der Waals surface area (Å²) in [6, 6.07) is 0. The van der Waals surface area contributed by atoms with Crippen molar-refractivity contribution in [1.29, 1.82) is 0 Å². The molecule has 3 rings (SSSR count). The van der Waals surface area contributed by atoms with Gasteiger partial charge < -0.3 is 29.9 Å². The van der Waals surface area contributed by atoms with E-state index < -0.39 is 124 Å². The minimum absolute atomic E-state index is 0.854. The summed E-state index contributed by atoms with van der Waals surface area (Å²) in [6.45, 7) is 0. The SMILES string of the molecule is O=C(O)c1c(F)c(F)c(Oc2c(Cl)c(Cl)c(Cl)c(Cl)c2Oc2c(F)c(F)c(C(=O)O)c(C(=O)O)c2F)c(F)c1C(=O)O. The van der Waals surface area contributed by atoms with Crippen molar-refractivity contribution in [2.24, 2.45) is 0 Å². The molecular weight excluding hydrogens is 680 g/mol. The van der Waals surface area contributed by atoms with Gasteiger partial charge in [0.2, 0.25) is 23.1 Å². The summed E-state index contributed by atoms with van der Waals surface area (Å²) in [6.07, 6.45) is 0. The first-order valence-electron chi connectivity index (χ1n) is 9.92. The zero-order chi connectivity index (χ0) is 32.1. The van der Waals surface area contributed by atoms with Crippen molar-refractivity contribution in [1.82, 2.24) is 0 Å². The first kappa shape index (κ1) is 32.4. The molecule has 4 N–H and O–H groups in total. The Kier molecular flexibility index (Phi) is 8.97. The fourth-order valence-corrected chi connectivity index (χ4v) is 4.13. The van der Waals surface area contributed by atoms with Crippen molar-refractivity contribution < 1.29 is 75.4 Å². The third kappa shape index (κ3) is 5.17. The van der Waals surface area contributed by atoms with Gasteiger partial charge in [-0.1, -0.05) is 46.4 Å². The summed E-state index contributed by atoms with van der Waals surface area (Å²) in [5.74, 6) is -31.5. The van der Waals surface area contributed by atoms with E-state index in [-0.39, 0.29) is 0 Å². The van der Waals surface area contributed by atoms with Gasteiger partial charge in [0.25, 0.3) is 0 Å². The van der Waals surface area contributed by atoms with Crippen LogP contribution in [0.2, 0.25) is 20.1 Å². The van der Waals surface area contributed by atoms with Gasteiger partial charge in [-0.25, -0.2) is 36.7 Å². The van der Waals surface area contributed by atoms with Crippen LogP contribution >= 0.6 is 46.4 Å². The number of rotatable bonds is 8. The van der Waals surface area contributed by atoms with Crippen molar-refractivity contribution in [2.75, 3.05) is 0 Å². The van der Waals surface area contributed by atoms with E-state index in [1.165, 1.54) is 0 Å². The van der Waals surface area contributed by atoms with Crippen LogP contribution in [0.5, 0.6) is 23.0 Å². The number of ether oxygens (including phenoxy) is 2. The number of carboxylic acid groups (broad SMARTS) is 4. The zero-order valence-corrected chi connectivity index (χ0v) is 22.0. The van der Waals surface area contributed by atoms with Crippen molar-refractivity contribution in [3.8, 4) is 23.0 Å². The summed E-state index contributed by atoms with van der Waals surface area (Å²) in [4.78, 5) is 45.4. The van der Waals surface area contributed by atoms with Crippen molar-refractivity contribution in [2.45, 2.75) is 0 Å². The molecule has 0 heterocycles. The van der Waals surface area contributed by atoms with E-state index in [2.05, 4.69) is 0 Å². The van der Waals surface area contributed by atoms with Gasteiger partial charge in [-0.2, -0.15) is 8.78 Å². The number of hydrogen-bond donors (Lipinski definition) is 4. The van der Waals surface area contributed by atoms with Gasteiger partial charge in [0.05, 0.1) is 10.0 Å². The molecule has 0 aliphatic rings.